The Morgan fingerprint density at radius 1 is 1.50 bits per heavy atom. The normalized spacial score (nSPS) is 11.8. The molecule has 0 unspecified atom stereocenters. The lowest BCUT2D eigenvalue weighted by atomic mass is 10.0. The van der Waals surface area contributed by atoms with Gasteiger partial charge in [0.2, 0.25) is 0 Å². The third-order valence-electron chi connectivity index (χ3n) is 1.73. The second-order valence-electron chi connectivity index (χ2n) is 3.22. The zero-order chi connectivity index (χ0) is 9.56. The van der Waals surface area contributed by atoms with E-state index in [1.165, 1.54) is 0 Å². The van der Waals surface area contributed by atoms with E-state index in [0.29, 0.717) is 12.3 Å². The highest BCUT2D eigenvalue weighted by Crippen LogP contribution is 2.10. The van der Waals surface area contributed by atoms with Crippen LogP contribution in [0.4, 0.5) is 0 Å². The van der Waals surface area contributed by atoms with Crippen molar-refractivity contribution in [2.24, 2.45) is 5.92 Å². The lowest BCUT2D eigenvalue weighted by Gasteiger charge is -2.04. The number of ketones is 1. The van der Waals surface area contributed by atoms with Crippen molar-refractivity contribution >= 4 is 5.78 Å². The van der Waals surface area contributed by atoms with Crippen molar-refractivity contribution in [3.05, 3.63) is 24.3 Å². The minimum atomic E-state index is 0.209. The van der Waals surface area contributed by atoms with E-state index in [0.717, 1.165) is 12.0 Å². The topological polar surface area (TPSA) is 17.1 Å². The van der Waals surface area contributed by atoms with E-state index in [-0.39, 0.29) is 5.78 Å². The molecule has 0 saturated heterocycles. The Hall–Kier alpha value is -0.850. The van der Waals surface area contributed by atoms with Gasteiger partial charge in [0.25, 0.3) is 0 Å². The van der Waals surface area contributed by atoms with Gasteiger partial charge in [0.1, 0.15) is 0 Å². The largest absolute Gasteiger partial charge is 0.295 e. The van der Waals surface area contributed by atoms with Crippen molar-refractivity contribution in [2.45, 2.75) is 33.6 Å². The van der Waals surface area contributed by atoms with Crippen LogP contribution in [0.15, 0.2) is 24.3 Å². The van der Waals surface area contributed by atoms with Crippen molar-refractivity contribution in [3.63, 3.8) is 0 Å². The monoisotopic (exact) mass is 166 g/mol. The van der Waals surface area contributed by atoms with E-state index in [1.54, 1.807) is 12.2 Å². The molecule has 0 radical (unpaired) electrons. The van der Waals surface area contributed by atoms with Crippen molar-refractivity contribution in [3.8, 4) is 0 Å². The second-order valence-corrected chi connectivity index (χ2v) is 3.22. The zero-order valence-corrected chi connectivity index (χ0v) is 8.26. The van der Waals surface area contributed by atoms with Gasteiger partial charge in [-0.2, -0.15) is 0 Å². The molecule has 0 spiro atoms. The summed E-state index contributed by atoms with van der Waals surface area (Å²) in [4.78, 5) is 11.2. The van der Waals surface area contributed by atoms with Crippen LogP contribution in [0.3, 0.4) is 0 Å². The number of rotatable bonds is 5. The summed E-state index contributed by atoms with van der Waals surface area (Å²) in [6.07, 6.45) is 5.03. The van der Waals surface area contributed by atoms with Crippen LogP contribution in [-0.4, -0.2) is 5.78 Å². The van der Waals surface area contributed by atoms with E-state index in [9.17, 15) is 4.79 Å². The number of hydrogen-bond acceptors (Lipinski definition) is 1. The standard InChI is InChI=1S/C11H18O/c1-5-7-11(12)8-10(6-2)9(3)4/h6,8-9H,2,5,7H2,1,3-4H3/b10-8+. The van der Waals surface area contributed by atoms with Crippen LogP contribution >= 0.6 is 0 Å². The molecular weight excluding hydrogens is 148 g/mol. The average molecular weight is 166 g/mol. The van der Waals surface area contributed by atoms with Crippen molar-refractivity contribution in [2.75, 3.05) is 0 Å². The molecule has 68 valence electrons. The van der Waals surface area contributed by atoms with E-state index in [1.807, 2.05) is 6.92 Å². The summed E-state index contributed by atoms with van der Waals surface area (Å²) in [5.41, 5.74) is 1.04. The summed E-state index contributed by atoms with van der Waals surface area (Å²) in [6.45, 7) is 9.81. The predicted octanol–water partition coefficient (Wildman–Crippen LogP) is 3.12. The average Bonchev–Trinajstić information content (AvgIpc) is 2.00. The van der Waals surface area contributed by atoms with Gasteiger partial charge in [0, 0.05) is 6.42 Å². The van der Waals surface area contributed by atoms with E-state index in [2.05, 4.69) is 20.4 Å². The Bertz CT molecular complexity index is 187. The van der Waals surface area contributed by atoms with Gasteiger partial charge in [-0.15, -0.1) is 0 Å². The molecule has 0 heterocycles. The minimum absolute atomic E-state index is 0.209. The summed E-state index contributed by atoms with van der Waals surface area (Å²) in [6, 6.07) is 0. The molecule has 0 aliphatic carbocycles. The van der Waals surface area contributed by atoms with Gasteiger partial charge in [0.15, 0.2) is 5.78 Å². The molecule has 0 fully saturated rings. The fourth-order valence-electron chi connectivity index (χ4n) is 0.966. The molecule has 0 amide bonds. The van der Waals surface area contributed by atoms with Crippen LogP contribution in [0.2, 0.25) is 0 Å². The van der Waals surface area contributed by atoms with Gasteiger partial charge in [-0.1, -0.05) is 33.4 Å². The summed E-state index contributed by atoms with van der Waals surface area (Å²) >= 11 is 0. The first kappa shape index (κ1) is 11.2. The van der Waals surface area contributed by atoms with Gasteiger partial charge in [-0.25, -0.2) is 0 Å². The lowest BCUT2D eigenvalue weighted by Crippen LogP contribution is -1.97. The van der Waals surface area contributed by atoms with Gasteiger partial charge >= 0.3 is 0 Å². The van der Waals surface area contributed by atoms with Crippen LogP contribution < -0.4 is 0 Å². The number of hydrogen-bond donors (Lipinski definition) is 0. The predicted molar refractivity (Wildman–Crippen MR) is 53.0 cm³/mol. The molecule has 0 atom stereocenters. The van der Waals surface area contributed by atoms with Crippen molar-refractivity contribution < 1.29 is 4.79 Å². The van der Waals surface area contributed by atoms with Gasteiger partial charge in [-0.05, 0) is 24.0 Å². The van der Waals surface area contributed by atoms with E-state index >= 15 is 0 Å². The van der Waals surface area contributed by atoms with Crippen molar-refractivity contribution in [1.29, 1.82) is 0 Å². The highest BCUT2D eigenvalue weighted by molar-refractivity contribution is 5.90. The lowest BCUT2D eigenvalue weighted by molar-refractivity contribution is -0.114. The van der Waals surface area contributed by atoms with Crippen LogP contribution in [0, 0.1) is 5.92 Å². The molecule has 0 aromatic carbocycles. The van der Waals surface area contributed by atoms with Crippen LogP contribution in [0.5, 0.6) is 0 Å². The minimum Gasteiger partial charge on any atom is -0.295 e. The molecule has 0 N–H and O–H groups in total. The quantitative estimate of drug-likeness (QED) is 0.453. The number of carbonyl (C=O) groups excluding carboxylic acids is 1. The molecule has 0 aliphatic rings. The molecular formula is C11H18O. The Labute approximate surface area is 75.2 Å². The fourth-order valence-corrected chi connectivity index (χ4v) is 0.966. The van der Waals surface area contributed by atoms with Crippen LogP contribution in [0.25, 0.3) is 0 Å². The molecule has 12 heavy (non-hydrogen) atoms. The number of carbonyl (C=O) groups is 1. The smallest absolute Gasteiger partial charge is 0.155 e. The SMILES string of the molecule is C=C/C(=C\C(=O)CCC)C(C)C. The van der Waals surface area contributed by atoms with Crippen LogP contribution in [0.1, 0.15) is 33.6 Å². The molecule has 1 nitrogen and oxygen atoms in total. The Morgan fingerprint density at radius 3 is 2.42 bits per heavy atom. The molecule has 1 heteroatoms. The highest BCUT2D eigenvalue weighted by atomic mass is 16.1. The maximum Gasteiger partial charge on any atom is 0.155 e. The Balaban J connectivity index is 4.27. The van der Waals surface area contributed by atoms with Gasteiger partial charge in [-0.3, -0.25) is 4.79 Å². The first-order chi connectivity index (χ1) is 5.61. The molecule has 0 aromatic heterocycles. The Morgan fingerprint density at radius 2 is 2.08 bits per heavy atom. The van der Waals surface area contributed by atoms with Crippen molar-refractivity contribution in [1.82, 2.24) is 0 Å². The summed E-state index contributed by atoms with van der Waals surface area (Å²) in [5, 5.41) is 0. The zero-order valence-electron chi connectivity index (χ0n) is 8.26. The van der Waals surface area contributed by atoms with Crippen LogP contribution in [-0.2, 0) is 4.79 Å². The van der Waals surface area contributed by atoms with Gasteiger partial charge < -0.3 is 0 Å². The molecule has 0 bridgehead atoms. The third kappa shape index (κ3) is 4.12. The first-order valence-electron chi connectivity index (χ1n) is 4.48. The van der Waals surface area contributed by atoms with E-state index < -0.39 is 0 Å². The summed E-state index contributed by atoms with van der Waals surface area (Å²) in [5.74, 6) is 0.601. The van der Waals surface area contributed by atoms with E-state index in [4.69, 9.17) is 0 Å². The summed E-state index contributed by atoms with van der Waals surface area (Å²) < 4.78 is 0. The molecule has 0 saturated carbocycles. The van der Waals surface area contributed by atoms with Gasteiger partial charge in [0.05, 0.1) is 0 Å². The highest BCUT2D eigenvalue weighted by Gasteiger charge is 2.01. The molecule has 0 aromatic rings. The molecule has 0 rings (SSSR count). The summed E-state index contributed by atoms with van der Waals surface area (Å²) in [7, 11) is 0. The fraction of sp³-hybridized carbons (Fsp3) is 0.545. The third-order valence-corrected chi connectivity index (χ3v) is 1.73. The first-order valence-corrected chi connectivity index (χ1v) is 4.48. The maximum absolute atomic E-state index is 11.2. The maximum atomic E-state index is 11.2. The Kier molecular flexibility index (Phi) is 5.35. The molecule has 0 aliphatic heterocycles. The number of allylic oxidation sites excluding steroid dienone is 3. The second kappa shape index (κ2) is 5.76.